The van der Waals surface area contributed by atoms with Crippen molar-refractivity contribution < 1.29 is 41.4 Å². The highest BCUT2D eigenvalue weighted by atomic mass is 32.2. The molecule has 2 rings (SSSR count). The molecule has 0 aliphatic carbocycles. The number of aliphatic carboxylic acids is 1. The smallest absolute Gasteiger partial charge is 0.371 e. The van der Waals surface area contributed by atoms with Crippen LogP contribution in [0.1, 0.15) is 57.6 Å². The third kappa shape index (κ3) is 9.81. The second-order valence-electron chi connectivity index (χ2n) is 8.40. The number of rotatable bonds is 18. The van der Waals surface area contributed by atoms with Crippen LogP contribution in [-0.4, -0.2) is 52.2 Å². The maximum atomic E-state index is 12.5. The first kappa shape index (κ1) is 30.8. The Morgan fingerprint density at radius 1 is 0.947 bits per heavy atom. The van der Waals surface area contributed by atoms with Gasteiger partial charge >= 0.3 is 16.1 Å². The quantitative estimate of drug-likeness (QED) is 0.112. The second kappa shape index (κ2) is 15.8. The van der Waals surface area contributed by atoms with E-state index in [1.54, 1.807) is 43.3 Å². The Morgan fingerprint density at radius 3 is 2.34 bits per heavy atom. The van der Waals surface area contributed by atoms with Gasteiger partial charge in [0, 0.05) is 12.0 Å². The molecule has 9 nitrogen and oxygen atoms in total. The van der Waals surface area contributed by atoms with E-state index in [4.69, 9.17) is 23.1 Å². The molecule has 0 radical (unpaired) electrons. The SMILES string of the molecule is CCCCOc1cc(C=C(OCC)C(=O)O)ccc1OCCc1cccc(OC)c1OS(=O)(=O)CCCC. The zero-order valence-corrected chi connectivity index (χ0v) is 23.3. The van der Waals surface area contributed by atoms with E-state index in [9.17, 15) is 18.3 Å². The van der Waals surface area contributed by atoms with E-state index in [0.717, 1.165) is 19.3 Å². The summed E-state index contributed by atoms with van der Waals surface area (Å²) in [6, 6.07) is 10.3. The molecule has 0 fully saturated rings. The number of hydrogen-bond donors (Lipinski definition) is 1. The summed E-state index contributed by atoms with van der Waals surface area (Å²) in [5.41, 5.74) is 1.22. The number of carboxylic acids is 1. The van der Waals surface area contributed by atoms with Gasteiger partial charge in [0.15, 0.2) is 23.0 Å². The Labute approximate surface area is 225 Å². The minimum absolute atomic E-state index is 0.0797. The summed E-state index contributed by atoms with van der Waals surface area (Å²) in [4.78, 5) is 11.4. The van der Waals surface area contributed by atoms with Crippen molar-refractivity contribution in [2.24, 2.45) is 0 Å². The molecule has 0 aliphatic rings. The highest BCUT2D eigenvalue weighted by Crippen LogP contribution is 2.34. The second-order valence-corrected chi connectivity index (χ2v) is 10.1. The normalized spacial score (nSPS) is 11.6. The van der Waals surface area contributed by atoms with Gasteiger partial charge < -0.3 is 28.2 Å². The lowest BCUT2D eigenvalue weighted by molar-refractivity contribution is -0.136. The van der Waals surface area contributed by atoms with E-state index in [-0.39, 0.29) is 30.5 Å². The van der Waals surface area contributed by atoms with Crippen LogP contribution >= 0.6 is 0 Å². The van der Waals surface area contributed by atoms with E-state index in [0.29, 0.717) is 47.8 Å². The topological polar surface area (TPSA) is 118 Å². The molecule has 0 aliphatic heterocycles. The van der Waals surface area contributed by atoms with Crippen molar-refractivity contribution in [3.63, 3.8) is 0 Å². The maximum absolute atomic E-state index is 12.5. The average molecular weight is 551 g/mol. The Kier molecular flexibility index (Phi) is 12.8. The number of hydrogen-bond acceptors (Lipinski definition) is 8. The monoisotopic (exact) mass is 550 g/mol. The van der Waals surface area contributed by atoms with Crippen LogP contribution in [-0.2, 0) is 26.1 Å². The predicted molar refractivity (Wildman–Crippen MR) is 146 cm³/mol. The van der Waals surface area contributed by atoms with Gasteiger partial charge in [-0.05, 0) is 49.6 Å². The van der Waals surface area contributed by atoms with Gasteiger partial charge in [0.2, 0.25) is 5.76 Å². The first-order chi connectivity index (χ1) is 18.2. The number of ether oxygens (including phenoxy) is 4. The Morgan fingerprint density at radius 2 is 1.68 bits per heavy atom. The minimum atomic E-state index is -3.77. The number of para-hydroxylation sites is 1. The molecular weight excluding hydrogens is 512 g/mol. The lowest BCUT2D eigenvalue weighted by Gasteiger charge is -2.16. The summed E-state index contributed by atoms with van der Waals surface area (Å²) in [5.74, 6) is 0.0281. The van der Waals surface area contributed by atoms with Crippen molar-refractivity contribution in [2.75, 3.05) is 32.7 Å². The molecule has 0 saturated heterocycles. The number of methoxy groups -OCH3 is 1. The van der Waals surface area contributed by atoms with Crippen LogP contribution in [0.2, 0.25) is 0 Å². The van der Waals surface area contributed by atoms with Gasteiger partial charge in [0.05, 0.1) is 32.7 Å². The fraction of sp³-hybridized carbons (Fsp3) is 0.464. The predicted octanol–water partition coefficient (Wildman–Crippen LogP) is 5.47. The summed E-state index contributed by atoms with van der Waals surface area (Å²) < 4.78 is 52.8. The van der Waals surface area contributed by atoms with Crippen LogP contribution in [0.3, 0.4) is 0 Å². The van der Waals surface area contributed by atoms with Crippen LogP contribution in [0.5, 0.6) is 23.0 Å². The lowest BCUT2D eigenvalue weighted by atomic mass is 10.1. The minimum Gasteiger partial charge on any atom is -0.493 e. The van der Waals surface area contributed by atoms with Crippen LogP contribution in [0.4, 0.5) is 0 Å². The zero-order valence-electron chi connectivity index (χ0n) is 22.5. The molecule has 0 saturated carbocycles. The van der Waals surface area contributed by atoms with Gasteiger partial charge in [-0.25, -0.2) is 4.79 Å². The van der Waals surface area contributed by atoms with Gasteiger partial charge in [0.1, 0.15) is 0 Å². The molecule has 0 bridgehead atoms. The van der Waals surface area contributed by atoms with Crippen molar-refractivity contribution in [1.82, 2.24) is 0 Å². The van der Waals surface area contributed by atoms with Crippen molar-refractivity contribution in [2.45, 2.75) is 52.9 Å². The number of unbranched alkanes of at least 4 members (excludes halogenated alkanes) is 2. The van der Waals surface area contributed by atoms with Crippen molar-refractivity contribution in [3.05, 3.63) is 53.3 Å². The molecule has 1 N–H and O–H groups in total. The fourth-order valence-corrected chi connectivity index (χ4v) is 4.59. The number of carboxylic acid groups (broad SMARTS) is 1. The Bertz CT molecular complexity index is 1170. The van der Waals surface area contributed by atoms with Gasteiger partial charge in [-0.15, -0.1) is 0 Å². The maximum Gasteiger partial charge on any atom is 0.371 e. The molecule has 210 valence electrons. The third-order valence-corrected chi connectivity index (χ3v) is 6.61. The molecule has 0 spiro atoms. The van der Waals surface area contributed by atoms with Crippen LogP contribution in [0, 0.1) is 0 Å². The van der Waals surface area contributed by atoms with Crippen LogP contribution in [0.15, 0.2) is 42.2 Å². The molecule has 0 amide bonds. The van der Waals surface area contributed by atoms with Crippen LogP contribution < -0.4 is 18.4 Å². The van der Waals surface area contributed by atoms with Crippen molar-refractivity contribution in [3.8, 4) is 23.0 Å². The van der Waals surface area contributed by atoms with E-state index in [1.807, 2.05) is 6.92 Å². The summed E-state index contributed by atoms with van der Waals surface area (Å²) in [7, 11) is -2.32. The fourth-order valence-electron chi connectivity index (χ4n) is 3.42. The highest BCUT2D eigenvalue weighted by Gasteiger charge is 2.19. The van der Waals surface area contributed by atoms with Gasteiger partial charge in [-0.2, -0.15) is 8.42 Å². The Balaban J connectivity index is 2.25. The van der Waals surface area contributed by atoms with E-state index < -0.39 is 16.1 Å². The van der Waals surface area contributed by atoms with E-state index in [2.05, 4.69) is 6.92 Å². The van der Waals surface area contributed by atoms with Gasteiger partial charge in [-0.1, -0.05) is 44.9 Å². The zero-order chi connectivity index (χ0) is 28.0. The first-order valence-corrected chi connectivity index (χ1v) is 14.4. The number of carbonyl (C=O) groups is 1. The summed E-state index contributed by atoms with van der Waals surface area (Å²) in [6.45, 7) is 6.59. The van der Waals surface area contributed by atoms with E-state index >= 15 is 0 Å². The molecule has 2 aromatic carbocycles. The van der Waals surface area contributed by atoms with Crippen molar-refractivity contribution in [1.29, 1.82) is 0 Å². The third-order valence-electron chi connectivity index (χ3n) is 5.40. The Hall–Kier alpha value is -3.40. The van der Waals surface area contributed by atoms with Crippen molar-refractivity contribution >= 4 is 22.2 Å². The van der Waals surface area contributed by atoms with Gasteiger partial charge in [-0.3, -0.25) is 0 Å². The van der Waals surface area contributed by atoms with Crippen LogP contribution in [0.25, 0.3) is 6.08 Å². The summed E-state index contributed by atoms with van der Waals surface area (Å²) in [6.07, 6.45) is 4.80. The summed E-state index contributed by atoms with van der Waals surface area (Å²) in [5, 5.41) is 9.35. The molecule has 0 unspecified atom stereocenters. The molecule has 0 heterocycles. The standard InChI is InChI=1S/C28H38O9S/c1-5-8-16-35-25-19-21(20-26(28(29)30)34-7-3)13-14-23(25)36-17-15-22-11-10-12-24(33-4)27(22)37-38(31,32)18-9-6-2/h10-14,19-20H,5-9,15-18H2,1-4H3,(H,29,30). The molecule has 10 heteroatoms. The molecular formula is C28H38O9S. The molecule has 38 heavy (non-hydrogen) atoms. The highest BCUT2D eigenvalue weighted by molar-refractivity contribution is 7.87. The molecule has 2 aromatic rings. The summed E-state index contributed by atoms with van der Waals surface area (Å²) >= 11 is 0. The largest absolute Gasteiger partial charge is 0.493 e. The average Bonchev–Trinajstić information content (AvgIpc) is 2.89. The molecule has 0 aromatic heterocycles. The number of benzene rings is 2. The van der Waals surface area contributed by atoms with Gasteiger partial charge in [0.25, 0.3) is 0 Å². The molecule has 0 atom stereocenters. The first-order valence-electron chi connectivity index (χ1n) is 12.8. The lowest BCUT2D eigenvalue weighted by Crippen LogP contribution is -2.16. The van der Waals surface area contributed by atoms with E-state index in [1.165, 1.54) is 13.2 Å².